The maximum absolute atomic E-state index is 12.8. The van der Waals surface area contributed by atoms with Crippen molar-refractivity contribution in [1.29, 1.82) is 0 Å². The molecule has 1 N–H and O–H groups in total. The number of halogens is 1. The minimum atomic E-state index is -0.118. The molecule has 0 aliphatic heterocycles. The average molecular weight is 298 g/mol. The summed E-state index contributed by atoms with van der Waals surface area (Å²) in [4.78, 5) is 12.8. The summed E-state index contributed by atoms with van der Waals surface area (Å²) < 4.78 is 0. The minimum absolute atomic E-state index is 0.118. The predicted molar refractivity (Wildman–Crippen MR) is 82.7 cm³/mol. The van der Waals surface area contributed by atoms with E-state index in [2.05, 4.69) is 19.2 Å². The van der Waals surface area contributed by atoms with E-state index >= 15 is 0 Å². The second kappa shape index (κ2) is 5.51. The maximum atomic E-state index is 12.8. The number of hydrogen-bond donors (Lipinski definition) is 1. The standard InChI is InChI=1S/C17H28ClNO/c1-3-17(2,4-5-18)19-16(20)15-13-7-11-6-12(9-13)10-14(15)8-11/h11-15H,3-10H2,1-2H3,(H,19,20). The molecule has 1 amide bonds. The zero-order chi connectivity index (χ0) is 14.3. The van der Waals surface area contributed by atoms with E-state index in [0.29, 0.717) is 29.5 Å². The lowest BCUT2D eigenvalue weighted by molar-refractivity contribution is -0.140. The Morgan fingerprint density at radius 3 is 2.15 bits per heavy atom. The van der Waals surface area contributed by atoms with E-state index in [-0.39, 0.29) is 5.54 Å². The summed E-state index contributed by atoms with van der Waals surface area (Å²) in [7, 11) is 0. The summed E-state index contributed by atoms with van der Waals surface area (Å²) in [6.07, 6.45) is 8.50. The molecular weight excluding hydrogens is 270 g/mol. The van der Waals surface area contributed by atoms with Gasteiger partial charge in [0.2, 0.25) is 5.91 Å². The summed E-state index contributed by atoms with van der Waals surface area (Å²) in [5, 5.41) is 3.35. The van der Waals surface area contributed by atoms with Crippen LogP contribution in [0.5, 0.6) is 0 Å². The second-order valence-corrected chi connectivity index (χ2v) is 8.18. The lowest BCUT2D eigenvalue weighted by atomic mass is 9.51. The van der Waals surface area contributed by atoms with E-state index in [4.69, 9.17) is 11.6 Å². The molecule has 4 aliphatic rings. The van der Waals surface area contributed by atoms with Gasteiger partial charge in [0.05, 0.1) is 0 Å². The van der Waals surface area contributed by atoms with Crippen LogP contribution in [0.25, 0.3) is 0 Å². The third-order valence-electron chi connectivity index (χ3n) is 6.38. The number of carbonyl (C=O) groups excluding carboxylic acids is 1. The van der Waals surface area contributed by atoms with Crippen LogP contribution in [0.3, 0.4) is 0 Å². The van der Waals surface area contributed by atoms with Crippen molar-refractivity contribution in [2.24, 2.45) is 29.6 Å². The highest BCUT2D eigenvalue weighted by molar-refractivity contribution is 6.17. The molecule has 0 aromatic carbocycles. The number of alkyl halides is 1. The van der Waals surface area contributed by atoms with Gasteiger partial charge in [-0.2, -0.15) is 0 Å². The van der Waals surface area contributed by atoms with Crippen LogP contribution in [0.15, 0.2) is 0 Å². The Labute approximate surface area is 128 Å². The van der Waals surface area contributed by atoms with Crippen LogP contribution in [0.2, 0.25) is 0 Å². The van der Waals surface area contributed by atoms with Gasteiger partial charge in [-0.1, -0.05) is 6.92 Å². The molecule has 0 aromatic rings. The molecule has 0 radical (unpaired) electrons. The first kappa shape index (κ1) is 14.7. The zero-order valence-electron chi connectivity index (χ0n) is 12.8. The Hall–Kier alpha value is -0.240. The molecule has 0 spiro atoms. The fraction of sp³-hybridized carbons (Fsp3) is 0.941. The summed E-state index contributed by atoms with van der Waals surface area (Å²) in [6.45, 7) is 4.28. The molecule has 0 saturated heterocycles. The Morgan fingerprint density at radius 1 is 1.15 bits per heavy atom. The highest BCUT2D eigenvalue weighted by Crippen LogP contribution is 2.56. The van der Waals surface area contributed by atoms with Gasteiger partial charge in [-0.3, -0.25) is 4.79 Å². The van der Waals surface area contributed by atoms with Crippen molar-refractivity contribution in [3.63, 3.8) is 0 Å². The Morgan fingerprint density at radius 2 is 1.70 bits per heavy atom. The van der Waals surface area contributed by atoms with Crippen molar-refractivity contribution in [2.75, 3.05) is 5.88 Å². The molecule has 1 atom stereocenters. The number of amides is 1. The molecule has 4 rings (SSSR count). The van der Waals surface area contributed by atoms with Gasteiger partial charge < -0.3 is 5.32 Å². The molecule has 2 nitrogen and oxygen atoms in total. The Bertz CT molecular complexity index is 355. The first-order valence-corrected chi connectivity index (χ1v) is 8.96. The van der Waals surface area contributed by atoms with Crippen LogP contribution < -0.4 is 5.32 Å². The topological polar surface area (TPSA) is 29.1 Å². The highest BCUT2D eigenvalue weighted by Gasteiger charge is 2.51. The number of nitrogens with one attached hydrogen (secondary N) is 1. The Balaban J connectivity index is 1.68. The van der Waals surface area contributed by atoms with Crippen molar-refractivity contribution in [3.05, 3.63) is 0 Å². The van der Waals surface area contributed by atoms with E-state index in [1.807, 2.05) is 0 Å². The van der Waals surface area contributed by atoms with Crippen molar-refractivity contribution >= 4 is 17.5 Å². The van der Waals surface area contributed by atoms with Crippen molar-refractivity contribution in [2.45, 2.75) is 64.3 Å². The van der Waals surface area contributed by atoms with Crippen LogP contribution in [0, 0.1) is 29.6 Å². The molecule has 114 valence electrons. The third-order valence-corrected chi connectivity index (χ3v) is 6.57. The third kappa shape index (κ3) is 2.61. The van der Waals surface area contributed by atoms with Gasteiger partial charge >= 0.3 is 0 Å². The van der Waals surface area contributed by atoms with Crippen molar-refractivity contribution in [1.82, 2.24) is 5.32 Å². The maximum Gasteiger partial charge on any atom is 0.224 e. The average Bonchev–Trinajstić information content (AvgIpc) is 2.37. The lowest BCUT2D eigenvalue weighted by Crippen LogP contribution is -2.55. The van der Waals surface area contributed by atoms with E-state index in [0.717, 1.165) is 24.7 Å². The van der Waals surface area contributed by atoms with Gasteiger partial charge in [0, 0.05) is 17.3 Å². The van der Waals surface area contributed by atoms with Gasteiger partial charge in [0.25, 0.3) is 0 Å². The molecule has 4 aliphatic carbocycles. The summed E-state index contributed by atoms with van der Waals surface area (Å²) in [5.41, 5.74) is -0.118. The van der Waals surface area contributed by atoms with Crippen LogP contribution in [0.4, 0.5) is 0 Å². The largest absolute Gasteiger partial charge is 0.351 e. The van der Waals surface area contributed by atoms with E-state index in [1.54, 1.807) is 0 Å². The summed E-state index contributed by atoms with van der Waals surface area (Å²) in [5.74, 6) is 4.44. The highest BCUT2D eigenvalue weighted by atomic mass is 35.5. The molecule has 1 unspecified atom stereocenters. The molecule has 3 heteroatoms. The SMILES string of the molecule is CCC(C)(CCCl)NC(=O)C1C2CC3CC(C2)CC1C3. The van der Waals surface area contributed by atoms with Crippen LogP contribution in [0.1, 0.15) is 58.8 Å². The minimum Gasteiger partial charge on any atom is -0.351 e. The van der Waals surface area contributed by atoms with Crippen LogP contribution in [-0.2, 0) is 4.79 Å². The van der Waals surface area contributed by atoms with E-state index in [9.17, 15) is 4.79 Å². The van der Waals surface area contributed by atoms with Gasteiger partial charge in [-0.15, -0.1) is 11.6 Å². The fourth-order valence-electron chi connectivity index (χ4n) is 5.27. The fourth-order valence-corrected chi connectivity index (χ4v) is 5.69. The van der Waals surface area contributed by atoms with Gasteiger partial charge in [-0.05, 0) is 75.5 Å². The van der Waals surface area contributed by atoms with Gasteiger partial charge in [-0.25, -0.2) is 0 Å². The Kier molecular flexibility index (Phi) is 4.05. The number of hydrogen-bond acceptors (Lipinski definition) is 1. The van der Waals surface area contributed by atoms with Crippen LogP contribution in [-0.4, -0.2) is 17.3 Å². The smallest absolute Gasteiger partial charge is 0.224 e. The van der Waals surface area contributed by atoms with Gasteiger partial charge in [0.15, 0.2) is 0 Å². The molecule has 20 heavy (non-hydrogen) atoms. The molecule has 0 aromatic heterocycles. The summed E-state index contributed by atoms with van der Waals surface area (Å²) in [6, 6.07) is 0. The number of rotatable bonds is 5. The molecular formula is C17H28ClNO. The normalized spacial score (nSPS) is 41.5. The zero-order valence-corrected chi connectivity index (χ0v) is 13.6. The summed E-state index contributed by atoms with van der Waals surface area (Å²) >= 11 is 5.90. The van der Waals surface area contributed by atoms with Crippen molar-refractivity contribution < 1.29 is 4.79 Å². The molecule has 4 bridgehead atoms. The van der Waals surface area contributed by atoms with E-state index in [1.165, 1.54) is 32.1 Å². The number of carbonyl (C=O) groups is 1. The lowest BCUT2D eigenvalue weighted by Gasteiger charge is -2.54. The monoisotopic (exact) mass is 297 g/mol. The molecule has 0 heterocycles. The quantitative estimate of drug-likeness (QED) is 0.764. The predicted octanol–water partition coefficient (Wildman–Crippen LogP) is 3.97. The van der Waals surface area contributed by atoms with Gasteiger partial charge in [0.1, 0.15) is 0 Å². The second-order valence-electron chi connectivity index (χ2n) is 7.80. The van der Waals surface area contributed by atoms with E-state index < -0.39 is 0 Å². The first-order chi connectivity index (χ1) is 9.54. The molecule has 4 fully saturated rings. The van der Waals surface area contributed by atoms with Crippen LogP contribution >= 0.6 is 11.6 Å². The van der Waals surface area contributed by atoms with Crippen molar-refractivity contribution in [3.8, 4) is 0 Å². The molecule has 4 saturated carbocycles. The first-order valence-electron chi connectivity index (χ1n) is 8.42.